The molecule has 1 N–H and O–H groups in total. The number of nitrogens with zero attached hydrogens (tertiary/aromatic N) is 3. The van der Waals surface area contributed by atoms with Crippen molar-refractivity contribution in [3.05, 3.63) is 16.4 Å². The molecule has 2 heterocycles. The summed E-state index contributed by atoms with van der Waals surface area (Å²) < 4.78 is 1.93. The molecule has 1 aromatic heterocycles. The zero-order valence-corrected chi connectivity index (χ0v) is 14.8. The van der Waals surface area contributed by atoms with Crippen molar-refractivity contribution in [2.75, 3.05) is 19.6 Å². The van der Waals surface area contributed by atoms with Crippen molar-refractivity contribution < 1.29 is 0 Å². The molecule has 1 unspecified atom stereocenters. The molecule has 0 aromatic carbocycles. The monoisotopic (exact) mass is 312 g/mol. The van der Waals surface area contributed by atoms with E-state index < -0.39 is 0 Å². The van der Waals surface area contributed by atoms with Crippen molar-refractivity contribution in [2.24, 2.45) is 7.05 Å². The van der Waals surface area contributed by atoms with Gasteiger partial charge in [-0.25, -0.2) is 0 Å². The summed E-state index contributed by atoms with van der Waals surface area (Å²) in [4.78, 5) is 2.61. The highest BCUT2D eigenvalue weighted by molar-refractivity contribution is 6.31. The lowest BCUT2D eigenvalue weighted by atomic mass is 9.88. The predicted molar refractivity (Wildman–Crippen MR) is 89.0 cm³/mol. The molecule has 0 spiro atoms. The van der Waals surface area contributed by atoms with Crippen LogP contribution in [0.15, 0.2) is 0 Å². The molecule has 1 fully saturated rings. The first-order valence-corrected chi connectivity index (χ1v) is 8.42. The summed E-state index contributed by atoms with van der Waals surface area (Å²) in [6, 6.07) is 0.368. The Balaban J connectivity index is 2.22. The van der Waals surface area contributed by atoms with E-state index in [0.717, 1.165) is 29.4 Å². The van der Waals surface area contributed by atoms with E-state index in [4.69, 9.17) is 11.6 Å². The van der Waals surface area contributed by atoms with Crippen LogP contribution in [0.1, 0.15) is 45.0 Å². The third-order valence-electron chi connectivity index (χ3n) is 4.88. The van der Waals surface area contributed by atoms with Crippen LogP contribution in [0, 0.1) is 6.92 Å². The van der Waals surface area contributed by atoms with Crippen molar-refractivity contribution in [1.82, 2.24) is 20.0 Å². The summed E-state index contributed by atoms with van der Waals surface area (Å²) >= 11 is 6.44. The van der Waals surface area contributed by atoms with Gasteiger partial charge >= 0.3 is 0 Å². The van der Waals surface area contributed by atoms with Gasteiger partial charge < -0.3 is 5.32 Å². The van der Waals surface area contributed by atoms with E-state index >= 15 is 0 Å². The molecule has 1 aliphatic heterocycles. The fourth-order valence-corrected chi connectivity index (χ4v) is 3.66. The van der Waals surface area contributed by atoms with E-state index in [1.807, 2.05) is 18.7 Å². The molecule has 1 atom stereocenters. The average Bonchev–Trinajstić information content (AvgIpc) is 3.03. The average molecular weight is 313 g/mol. The summed E-state index contributed by atoms with van der Waals surface area (Å²) in [6.07, 6.45) is 3.54. The van der Waals surface area contributed by atoms with Gasteiger partial charge in [-0.2, -0.15) is 5.10 Å². The zero-order chi connectivity index (χ0) is 15.6. The molecule has 4 nitrogen and oxygen atoms in total. The molecule has 1 saturated heterocycles. The number of hydrogen-bond donors (Lipinski definition) is 1. The van der Waals surface area contributed by atoms with Gasteiger partial charge in [-0.05, 0) is 53.2 Å². The normalized spacial score (nSPS) is 18.4. The van der Waals surface area contributed by atoms with Gasteiger partial charge in [0.05, 0.1) is 16.4 Å². The number of hydrogen-bond acceptors (Lipinski definition) is 3. The lowest BCUT2D eigenvalue weighted by molar-refractivity contribution is 0.106. The smallest absolute Gasteiger partial charge is 0.0847 e. The van der Waals surface area contributed by atoms with Crippen LogP contribution < -0.4 is 5.32 Å². The summed E-state index contributed by atoms with van der Waals surface area (Å²) in [5.41, 5.74) is 2.17. The van der Waals surface area contributed by atoms with Gasteiger partial charge in [0, 0.05) is 25.0 Å². The van der Waals surface area contributed by atoms with Crippen LogP contribution in [-0.2, 0) is 13.5 Å². The van der Waals surface area contributed by atoms with Gasteiger partial charge in [0.1, 0.15) is 0 Å². The van der Waals surface area contributed by atoms with Crippen LogP contribution >= 0.6 is 11.6 Å². The summed E-state index contributed by atoms with van der Waals surface area (Å²) in [5, 5.41) is 8.93. The third-order valence-corrected chi connectivity index (χ3v) is 5.38. The highest BCUT2D eigenvalue weighted by Gasteiger charge is 2.37. The molecule has 0 aliphatic carbocycles. The maximum Gasteiger partial charge on any atom is 0.0847 e. The molecule has 120 valence electrons. The molecule has 0 radical (unpaired) electrons. The summed E-state index contributed by atoms with van der Waals surface area (Å²) in [7, 11) is 1.99. The summed E-state index contributed by atoms with van der Waals surface area (Å²) in [5.74, 6) is 0. The molecule has 0 saturated carbocycles. The van der Waals surface area contributed by atoms with Crippen molar-refractivity contribution >= 4 is 11.6 Å². The van der Waals surface area contributed by atoms with Crippen LogP contribution in [0.2, 0.25) is 5.02 Å². The van der Waals surface area contributed by atoms with Gasteiger partial charge in [-0.3, -0.25) is 9.58 Å². The van der Waals surface area contributed by atoms with Gasteiger partial charge in [-0.15, -0.1) is 0 Å². The fraction of sp³-hybridized carbons (Fsp3) is 0.812. The molecule has 5 heteroatoms. The Bertz CT molecular complexity index is 475. The first-order chi connectivity index (χ1) is 9.87. The lowest BCUT2D eigenvalue weighted by Crippen LogP contribution is -2.58. The van der Waals surface area contributed by atoms with Gasteiger partial charge in [0.15, 0.2) is 0 Å². The first kappa shape index (κ1) is 16.8. The molecule has 21 heavy (non-hydrogen) atoms. The predicted octanol–water partition coefficient (Wildman–Crippen LogP) is 2.78. The van der Waals surface area contributed by atoms with Crippen LogP contribution in [0.3, 0.4) is 0 Å². The second-order valence-electron chi connectivity index (χ2n) is 6.63. The zero-order valence-electron chi connectivity index (χ0n) is 14.0. The number of halogens is 1. The number of likely N-dealkylation sites (tertiary alicyclic amines) is 1. The van der Waals surface area contributed by atoms with E-state index in [1.54, 1.807) is 0 Å². The Kier molecular flexibility index (Phi) is 5.33. The Hall–Kier alpha value is -0.580. The number of aryl methyl sites for hydroxylation is 2. The largest absolute Gasteiger partial charge is 0.312 e. The van der Waals surface area contributed by atoms with Gasteiger partial charge in [-0.1, -0.05) is 18.5 Å². The molecule has 1 aliphatic rings. The Morgan fingerprint density at radius 1 is 1.33 bits per heavy atom. The van der Waals surface area contributed by atoms with Crippen molar-refractivity contribution in [1.29, 1.82) is 0 Å². The maximum atomic E-state index is 6.44. The molecular weight excluding hydrogens is 284 g/mol. The highest BCUT2D eigenvalue weighted by atomic mass is 35.5. The van der Waals surface area contributed by atoms with E-state index in [2.05, 4.69) is 36.1 Å². The number of rotatable bonds is 6. The highest BCUT2D eigenvalue weighted by Crippen LogP contribution is 2.28. The Morgan fingerprint density at radius 3 is 2.43 bits per heavy atom. The number of likely N-dealkylation sites (N-methyl/N-ethyl adjacent to an activating group) is 1. The standard InChI is InChI=1S/C16H29ClN4/c1-6-18-14(16(3,4)21-9-7-8-10-21)11-13-15(17)12(2)19-20(13)5/h14,18H,6-11H2,1-5H3. The van der Waals surface area contributed by atoms with E-state index in [9.17, 15) is 0 Å². The van der Waals surface area contributed by atoms with E-state index in [0.29, 0.717) is 6.04 Å². The van der Waals surface area contributed by atoms with Crippen LogP contribution in [-0.4, -0.2) is 45.9 Å². The number of nitrogens with one attached hydrogen (secondary N) is 1. The quantitative estimate of drug-likeness (QED) is 0.877. The van der Waals surface area contributed by atoms with Crippen LogP contribution in [0.25, 0.3) is 0 Å². The number of aromatic nitrogens is 2. The minimum Gasteiger partial charge on any atom is -0.312 e. The third kappa shape index (κ3) is 3.43. The molecule has 0 bridgehead atoms. The molecule has 1 aromatic rings. The Morgan fingerprint density at radius 2 is 1.95 bits per heavy atom. The lowest BCUT2D eigenvalue weighted by Gasteiger charge is -2.42. The van der Waals surface area contributed by atoms with Gasteiger partial charge in [0.2, 0.25) is 0 Å². The second-order valence-corrected chi connectivity index (χ2v) is 7.01. The first-order valence-electron chi connectivity index (χ1n) is 8.04. The van der Waals surface area contributed by atoms with Crippen molar-refractivity contribution in [3.8, 4) is 0 Å². The molecule has 0 amide bonds. The van der Waals surface area contributed by atoms with Crippen molar-refractivity contribution in [2.45, 2.75) is 58.5 Å². The minimum atomic E-state index is 0.119. The molecule has 2 rings (SSSR count). The second kappa shape index (κ2) is 6.67. The SMILES string of the molecule is CCNC(Cc1c(Cl)c(C)nn1C)C(C)(C)N1CCCC1. The topological polar surface area (TPSA) is 33.1 Å². The van der Waals surface area contributed by atoms with Gasteiger partial charge in [0.25, 0.3) is 0 Å². The fourth-order valence-electron chi connectivity index (χ4n) is 3.43. The van der Waals surface area contributed by atoms with Crippen molar-refractivity contribution in [3.63, 3.8) is 0 Å². The summed E-state index contributed by atoms with van der Waals surface area (Å²) in [6.45, 7) is 12.2. The minimum absolute atomic E-state index is 0.119. The Labute approximate surface area is 133 Å². The van der Waals surface area contributed by atoms with Crippen LogP contribution in [0.5, 0.6) is 0 Å². The molecular formula is C16H29ClN4. The van der Waals surface area contributed by atoms with Crippen LogP contribution in [0.4, 0.5) is 0 Å². The van der Waals surface area contributed by atoms with E-state index in [-0.39, 0.29) is 5.54 Å². The maximum absolute atomic E-state index is 6.44. The van der Waals surface area contributed by atoms with E-state index in [1.165, 1.54) is 25.9 Å².